The maximum Gasteiger partial charge on any atom is 0.488 e. The van der Waals surface area contributed by atoms with Gasteiger partial charge in [0.05, 0.1) is 0 Å². The van der Waals surface area contributed by atoms with E-state index >= 15 is 0 Å². The molecule has 78 valence electrons. The van der Waals surface area contributed by atoms with Crippen LogP contribution in [0.5, 0.6) is 0 Å². The zero-order valence-corrected chi connectivity index (χ0v) is 8.47. The van der Waals surface area contributed by atoms with Gasteiger partial charge in [-0.2, -0.15) is 0 Å². The van der Waals surface area contributed by atoms with Gasteiger partial charge in [0.15, 0.2) is 0 Å². The fraction of sp³-hybridized carbons (Fsp3) is 0.300. The summed E-state index contributed by atoms with van der Waals surface area (Å²) in [6.07, 6.45) is 0.773. The first-order valence-electron chi connectivity index (χ1n) is 4.86. The Bertz CT molecular complexity index is 406. The van der Waals surface area contributed by atoms with Crippen molar-refractivity contribution < 1.29 is 14.8 Å². The zero-order valence-electron chi connectivity index (χ0n) is 8.47. The number of fused-ring (bicyclic) bond motifs is 1. The highest BCUT2D eigenvalue weighted by molar-refractivity contribution is 6.58. The lowest BCUT2D eigenvalue weighted by atomic mass is 9.79. The first-order valence-corrected chi connectivity index (χ1v) is 4.86. The lowest BCUT2D eigenvalue weighted by Crippen LogP contribution is -2.30. The van der Waals surface area contributed by atoms with Crippen molar-refractivity contribution >= 4 is 24.2 Å². The van der Waals surface area contributed by atoms with Crippen molar-refractivity contribution in [3.63, 3.8) is 0 Å². The summed E-state index contributed by atoms with van der Waals surface area (Å²) in [5.74, 6) is 0.0195. The summed E-state index contributed by atoms with van der Waals surface area (Å²) in [7, 11) is -1.44. The molecule has 0 unspecified atom stereocenters. The summed E-state index contributed by atoms with van der Waals surface area (Å²) in [6, 6.07) is 5.13. The maximum atomic E-state index is 11.3. The predicted molar refractivity (Wildman–Crippen MR) is 58.0 cm³/mol. The number of hydrogen-bond acceptors (Lipinski definition) is 3. The quantitative estimate of drug-likeness (QED) is 0.594. The van der Waals surface area contributed by atoms with Crippen LogP contribution in [0.2, 0.25) is 0 Å². The molecule has 0 saturated carbocycles. The molecule has 1 aromatic rings. The third-order valence-electron chi connectivity index (χ3n) is 2.68. The monoisotopic (exact) mass is 205 g/mol. The lowest BCUT2D eigenvalue weighted by Gasteiger charge is -2.14. The van der Waals surface area contributed by atoms with E-state index in [0.29, 0.717) is 12.0 Å². The minimum Gasteiger partial charge on any atom is -0.423 e. The number of rotatable bonds is 1. The van der Waals surface area contributed by atoms with Crippen molar-refractivity contribution in [3.05, 3.63) is 23.8 Å². The largest absolute Gasteiger partial charge is 0.488 e. The summed E-state index contributed by atoms with van der Waals surface area (Å²) in [5, 5.41) is 18.0. The van der Waals surface area contributed by atoms with Crippen LogP contribution in [0.25, 0.3) is 0 Å². The Balaban J connectivity index is 2.37. The number of anilines is 1. The van der Waals surface area contributed by atoms with Gasteiger partial charge in [-0.3, -0.25) is 4.79 Å². The Hall–Kier alpha value is -1.33. The molecule has 4 nitrogen and oxygen atoms in total. The van der Waals surface area contributed by atoms with Gasteiger partial charge in [0.2, 0.25) is 5.91 Å². The fourth-order valence-corrected chi connectivity index (χ4v) is 1.91. The van der Waals surface area contributed by atoms with Crippen LogP contribution in [0, 0.1) is 0 Å². The Morgan fingerprint density at radius 3 is 2.80 bits per heavy atom. The second-order valence-corrected chi connectivity index (χ2v) is 3.68. The average molecular weight is 205 g/mol. The molecule has 0 aliphatic carbocycles. The van der Waals surface area contributed by atoms with Crippen LogP contribution in [-0.2, 0) is 11.2 Å². The van der Waals surface area contributed by atoms with Gasteiger partial charge in [-0.25, -0.2) is 0 Å². The molecule has 0 fully saturated rings. The molecule has 1 heterocycles. The van der Waals surface area contributed by atoms with Crippen LogP contribution >= 0.6 is 0 Å². The average Bonchev–Trinajstić information content (AvgIpc) is 2.59. The van der Waals surface area contributed by atoms with Crippen LogP contribution < -0.4 is 10.4 Å². The standard InChI is InChI=1S/C10H12BNO3/c1-7(13)12-5-4-8-6-9(11(14)15)2-3-10(8)12/h2-3,6,14-15H,4-5H2,1H3. The van der Waals surface area contributed by atoms with Crippen LogP contribution in [0.4, 0.5) is 5.69 Å². The van der Waals surface area contributed by atoms with Gasteiger partial charge in [0.25, 0.3) is 0 Å². The summed E-state index contributed by atoms with van der Waals surface area (Å²) in [5.41, 5.74) is 2.35. The van der Waals surface area contributed by atoms with Crippen molar-refractivity contribution in [2.24, 2.45) is 0 Å². The SMILES string of the molecule is CC(=O)N1CCc2cc(B(O)O)ccc21. The number of benzene rings is 1. The minimum atomic E-state index is -1.44. The normalized spacial score (nSPS) is 13.9. The minimum absolute atomic E-state index is 0.0195. The third-order valence-corrected chi connectivity index (χ3v) is 2.68. The summed E-state index contributed by atoms with van der Waals surface area (Å²) in [6.45, 7) is 2.21. The molecule has 1 aliphatic heterocycles. The number of amides is 1. The molecular weight excluding hydrogens is 193 g/mol. The van der Waals surface area contributed by atoms with Crippen molar-refractivity contribution in [2.45, 2.75) is 13.3 Å². The van der Waals surface area contributed by atoms with E-state index in [2.05, 4.69) is 0 Å². The Morgan fingerprint density at radius 2 is 2.20 bits per heavy atom. The van der Waals surface area contributed by atoms with Gasteiger partial charge < -0.3 is 14.9 Å². The highest BCUT2D eigenvalue weighted by Crippen LogP contribution is 2.26. The molecular formula is C10H12BNO3. The van der Waals surface area contributed by atoms with E-state index in [0.717, 1.165) is 17.7 Å². The van der Waals surface area contributed by atoms with Crippen molar-refractivity contribution in [1.82, 2.24) is 0 Å². The van der Waals surface area contributed by atoms with E-state index in [1.54, 1.807) is 23.1 Å². The van der Waals surface area contributed by atoms with Gasteiger partial charge >= 0.3 is 7.12 Å². The number of nitrogens with zero attached hydrogens (tertiary/aromatic N) is 1. The van der Waals surface area contributed by atoms with E-state index in [1.165, 1.54) is 6.92 Å². The molecule has 1 aliphatic rings. The van der Waals surface area contributed by atoms with Crippen LogP contribution in [-0.4, -0.2) is 29.6 Å². The summed E-state index contributed by atoms with van der Waals surface area (Å²) >= 11 is 0. The summed E-state index contributed by atoms with van der Waals surface area (Å²) in [4.78, 5) is 13.0. The number of carbonyl (C=O) groups is 1. The van der Waals surface area contributed by atoms with Crippen molar-refractivity contribution in [1.29, 1.82) is 0 Å². The van der Waals surface area contributed by atoms with Gasteiger partial charge in [0, 0.05) is 19.2 Å². The second kappa shape index (κ2) is 3.68. The molecule has 0 saturated heterocycles. The Morgan fingerprint density at radius 1 is 1.47 bits per heavy atom. The van der Waals surface area contributed by atoms with E-state index in [9.17, 15) is 4.79 Å². The van der Waals surface area contributed by atoms with E-state index in [-0.39, 0.29) is 5.91 Å². The Labute approximate surface area is 88.3 Å². The van der Waals surface area contributed by atoms with Gasteiger partial charge in [-0.15, -0.1) is 0 Å². The van der Waals surface area contributed by atoms with Crippen molar-refractivity contribution in [3.8, 4) is 0 Å². The first kappa shape index (κ1) is 10.2. The van der Waals surface area contributed by atoms with Gasteiger partial charge in [0.1, 0.15) is 0 Å². The lowest BCUT2D eigenvalue weighted by molar-refractivity contribution is -0.116. The topological polar surface area (TPSA) is 60.8 Å². The van der Waals surface area contributed by atoms with Gasteiger partial charge in [-0.1, -0.05) is 12.1 Å². The highest BCUT2D eigenvalue weighted by Gasteiger charge is 2.23. The molecule has 2 rings (SSSR count). The predicted octanol–water partition coefficient (Wildman–Crippen LogP) is -0.725. The molecule has 1 amide bonds. The molecule has 0 radical (unpaired) electrons. The fourth-order valence-electron chi connectivity index (χ4n) is 1.91. The molecule has 1 aromatic carbocycles. The second-order valence-electron chi connectivity index (χ2n) is 3.68. The van der Waals surface area contributed by atoms with E-state index in [1.807, 2.05) is 0 Å². The van der Waals surface area contributed by atoms with Gasteiger partial charge in [-0.05, 0) is 23.5 Å². The molecule has 0 aromatic heterocycles. The molecule has 2 N–H and O–H groups in total. The third kappa shape index (κ3) is 1.76. The smallest absolute Gasteiger partial charge is 0.423 e. The van der Waals surface area contributed by atoms with E-state index in [4.69, 9.17) is 10.0 Å². The van der Waals surface area contributed by atoms with Crippen LogP contribution in [0.3, 0.4) is 0 Å². The molecule has 0 spiro atoms. The Kier molecular flexibility index (Phi) is 2.50. The summed E-state index contributed by atoms with van der Waals surface area (Å²) < 4.78 is 0. The molecule has 5 heteroatoms. The maximum absolute atomic E-state index is 11.3. The molecule has 0 bridgehead atoms. The number of hydrogen-bond donors (Lipinski definition) is 2. The highest BCUT2D eigenvalue weighted by atomic mass is 16.4. The molecule has 0 atom stereocenters. The van der Waals surface area contributed by atoms with Crippen LogP contribution in [0.1, 0.15) is 12.5 Å². The van der Waals surface area contributed by atoms with Crippen LogP contribution in [0.15, 0.2) is 18.2 Å². The molecule has 15 heavy (non-hydrogen) atoms. The number of carbonyl (C=O) groups excluding carboxylic acids is 1. The van der Waals surface area contributed by atoms with E-state index < -0.39 is 7.12 Å². The first-order chi connectivity index (χ1) is 7.09. The zero-order chi connectivity index (χ0) is 11.0. The van der Waals surface area contributed by atoms with Crippen molar-refractivity contribution in [2.75, 3.05) is 11.4 Å².